The molecular formula is C20H18F2N2O. The van der Waals surface area contributed by atoms with Gasteiger partial charge in [0.1, 0.15) is 11.6 Å². The number of carbonyl (C=O) groups excluding carboxylic acids is 1. The summed E-state index contributed by atoms with van der Waals surface area (Å²) < 4.78 is 27.0. The fraction of sp³-hybridized carbons (Fsp3) is 0.250. The molecule has 3 aromatic rings. The van der Waals surface area contributed by atoms with Gasteiger partial charge in [0, 0.05) is 36.1 Å². The van der Waals surface area contributed by atoms with E-state index in [4.69, 9.17) is 0 Å². The summed E-state index contributed by atoms with van der Waals surface area (Å²) in [5, 5.41) is 0.774. The number of amides is 1. The van der Waals surface area contributed by atoms with E-state index in [1.54, 1.807) is 18.2 Å². The Kier molecular flexibility index (Phi) is 3.99. The molecule has 128 valence electrons. The highest BCUT2D eigenvalue weighted by molar-refractivity contribution is 5.91. The van der Waals surface area contributed by atoms with Crippen LogP contribution in [-0.2, 0) is 11.2 Å². The number of benzene rings is 2. The number of hydrogen-bond donors (Lipinski definition) is 1. The number of nitrogens with one attached hydrogen (secondary N) is 1. The van der Waals surface area contributed by atoms with E-state index >= 15 is 0 Å². The van der Waals surface area contributed by atoms with Gasteiger partial charge in [-0.1, -0.05) is 0 Å². The van der Waals surface area contributed by atoms with E-state index in [9.17, 15) is 13.6 Å². The van der Waals surface area contributed by atoms with Crippen molar-refractivity contribution in [3.63, 3.8) is 0 Å². The fourth-order valence-electron chi connectivity index (χ4n) is 3.30. The Morgan fingerprint density at radius 3 is 2.44 bits per heavy atom. The highest BCUT2D eigenvalue weighted by atomic mass is 19.1. The second-order valence-electron chi connectivity index (χ2n) is 6.41. The third-order valence-electron chi connectivity index (χ3n) is 4.80. The molecule has 0 bridgehead atoms. The van der Waals surface area contributed by atoms with Crippen molar-refractivity contribution in [3.05, 3.63) is 59.7 Å². The second kappa shape index (κ2) is 6.31. The average Bonchev–Trinajstić information content (AvgIpc) is 2.90. The topological polar surface area (TPSA) is 36.1 Å². The first-order valence-electron chi connectivity index (χ1n) is 8.45. The van der Waals surface area contributed by atoms with E-state index in [1.807, 2.05) is 4.90 Å². The number of likely N-dealkylation sites (tertiary alicyclic amines) is 1. The Morgan fingerprint density at radius 2 is 1.76 bits per heavy atom. The van der Waals surface area contributed by atoms with Gasteiger partial charge in [-0.3, -0.25) is 4.79 Å². The number of aryl methyl sites for hydroxylation is 1. The molecule has 0 radical (unpaired) electrons. The lowest BCUT2D eigenvalue weighted by molar-refractivity contribution is -0.134. The van der Waals surface area contributed by atoms with Crippen LogP contribution in [0.3, 0.4) is 0 Å². The van der Waals surface area contributed by atoms with Crippen LogP contribution in [0.5, 0.6) is 0 Å². The number of rotatable bonds is 4. The first-order chi connectivity index (χ1) is 12.1. The van der Waals surface area contributed by atoms with Crippen molar-refractivity contribution in [2.45, 2.75) is 19.3 Å². The number of aromatic nitrogens is 1. The summed E-state index contributed by atoms with van der Waals surface area (Å²) in [5.41, 5.74) is 3.35. The van der Waals surface area contributed by atoms with Gasteiger partial charge in [-0.05, 0) is 66.4 Å². The van der Waals surface area contributed by atoms with Crippen LogP contribution in [0, 0.1) is 11.6 Å². The maximum absolute atomic E-state index is 13.7. The number of nitrogens with zero attached hydrogens (tertiary/aromatic N) is 1. The Hall–Kier alpha value is -2.69. The third kappa shape index (κ3) is 3.02. The maximum Gasteiger partial charge on any atom is 0.222 e. The highest BCUT2D eigenvalue weighted by Gasteiger charge is 2.21. The zero-order valence-electron chi connectivity index (χ0n) is 13.7. The summed E-state index contributed by atoms with van der Waals surface area (Å²) in [5.74, 6) is -0.491. The van der Waals surface area contributed by atoms with Gasteiger partial charge in [-0.25, -0.2) is 8.78 Å². The summed E-state index contributed by atoms with van der Waals surface area (Å²) >= 11 is 0. The van der Waals surface area contributed by atoms with Crippen molar-refractivity contribution in [1.82, 2.24) is 9.88 Å². The van der Waals surface area contributed by atoms with Crippen molar-refractivity contribution in [3.8, 4) is 11.3 Å². The smallest absolute Gasteiger partial charge is 0.222 e. The molecule has 0 aliphatic carbocycles. The zero-order valence-corrected chi connectivity index (χ0v) is 13.7. The lowest BCUT2D eigenvalue weighted by Crippen LogP contribution is -2.42. The Balaban J connectivity index is 1.73. The van der Waals surface area contributed by atoms with E-state index < -0.39 is 0 Å². The molecule has 0 spiro atoms. The Morgan fingerprint density at radius 1 is 1.04 bits per heavy atom. The summed E-state index contributed by atoms with van der Waals surface area (Å²) in [7, 11) is 0. The predicted molar refractivity (Wildman–Crippen MR) is 93.2 cm³/mol. The number of hydrogen-bond acceptors (Lipinski definition) is 1. The van der Waals surface area contributed by atoms with Gasteiger partial charge in [0.2, 0.25) is 5.91 Å². The second-order valence-corrected chi connectivity index (χ2v) is 6.41. The van der Waals surface area contributed by atoms with Crippen molar-refractivity contribution < 1.29 is 13.6 Å². The van der Waals surface area contributed by atoms with Crippen molar-refractivity contribution in [1.29, 1.82) is 0 Å². The summed E-state index contributed by atoms with van der Waals surface area (Å²) in [6.07, 6.45) is 1.97. The standard InChI is InChI=1S/C20H18F2N2O/c21-14-4-2-13(3-5-14)20-16(7-9-19(25)24-10-1-11-24)17-12-15(22)6-8-18(17)23-20/h2-6,8,12,23H,1,7,9-11H2. The van der Waals surface area contributed by atoms with Crippen molar-refractivity contribution >= 4 is 16.8 Å². The van der Waals surface area contributed by atoms with Gasteiger partial charge in [-0.15, -0.1) is 0 Å². The molecule has 1 fully saturated rings. The van der Waals surface area contributed by atoms with Crippen molar-refractivity contribution in [2.24, 2.45) is 0 Å². The summed E-state index contributed by atoms with van der Waals surface area (Å²) in [6, 6.07) is 10.8. The van der Waals surface area contributed by atoms with Crippen molar-refractivity contribution in [2.75, 3.05) is 13.1 Å². The van der Waals surface area contributed by atoms with E-state index in [2.05, 4.69) is 4.98 Å². The van der Waals surface area contributed by atoms with Crippen LogP contribution in [0.2, 0.25) is 0 Å². The summed E-state index contributed by atoms with van der Waals surface area (Å²) in [6.45, 7) is 1.65. The molecule has 0 atom stereocenters. The summed E-state index contributed by atoms with van der Waals surface area (Å²) in [4.78, 5) is 17.3. The molecule has 1 amide bonds. The lowest BCUT2D eigenvalue weighted by Gasteiger charge is -2.31. The molecule has 2 heterocycles. The monoisotopic (exact) mass is 340 g/mol. The number of fused-ring (bicyclic) bond motifs is 1. The largest absolute Gasteiger partial charge is 0.354 e. The van der Waals surface area contributed by atoms with Crippen LogP contribution in [0.1, 0.15) is 18.4 Å². The number of halogens is 2. The molecular weight excluding hydrogens is 322 g/mol. The van der Waals surface area contributed by atoms with Crippen LogP contribution < -0.4 is 0 Å². The molecule has 2 aromatic carbocycles. The van der Waals surface area contributed by atoms with Crippen LogP contribution in [-0.4, -0.2) is 28.9 Å². The molecule has 5 heteroatoms. The highest BCUT2D eigenvalue weighted by Crippen LogP contribution is 2.32. The van der Waals surface area contributed by atoms with Gasteiger partial charge in [-0.2, -0.15) is 0 Å². The SMILES string of the molecule is O=C(CCc1c(-c2ccc(F)cc2)[nH]c2ccc(F)cc12)N1CCC1. The third-order valence-corrected chi connectivity index (χ3v) is 4.80. The Labute approximate surface area is 144 Å². The van der Waals surface area contributed by atoms with Gasteiger partial charge < -0.3 is 9.88 Å². The quantitative estimate of drug-likeness (QED) is 0.756. The van der Waals surface area contributed by atoms with Gasteiger partial charge >= 0.3 is 0 Å². The molecule has 1 aliphatic rings. The number of aromatic amines is 1. The normalized spacial score (nSPS) is 13.9. The van der Waals surface area contributed by atoms with Gasteiger partial charge in [0.05, 0.1) is 0 Å². The van der Waals surface area contributed by atoms with Crippen LogP contribution in [0.25, 0.3) is 22.2 Å². The predicted octanol–water partition coefficient (Wildman–Crippen LogP) is 4.28. The molecule has 0 unspecified atom stereocenters. The lowest BCUT2D eigenvalue weighted by atomic mass is 10.0. The van der Waals surface area contributed by atoms with Crippen LogP contribution >= 0.6 is 0 Å². The zero-order chi connectivity index (χ0) is 17.4. The molecule has 1 N–H and O–H groups in total. The molecule has 1 aromatic heterocycles. The molecule has 4 rings (SSSR count). The molecule has 3 nitrogen and oxygen atoms in total. The fourth-order valence-corrected chi connectivity index (χ4v) is 3.30. The van der Waals surface area contributed by atoms with E-state index in [0.717, 1.165) is 47.2 Å². The van der Waals surface area contributed by atoms with E-state index in [0.29, 0.717) is 12.8 Å². The van der Waals surface area contributed by atoms with Gasteiger partial charge in [0.25, 0.3) is 0 Å². The molecule has 0 saturated carbocycles. The van der Waals surface area contributed by atoms with Crippen LogP contribution in [0.15, 0.2) is 42.5 Å². The minimum absolute atomic E-state index is 0.127. The van der Waals surface area contributed by atoms with E-state index in [1.165, 1.54) is 24.3 Å². The average molecular weight is 340 g/mol. The minimum atomic E-state index is -0.313. The molecule has 1 aliphatic heterocycles. The first kappa shape index (κ1) is 15.8. The minimum Gasteiger partial charge on any atom is -0.354 e. The number of H-pyrrole nitrogens is 1. The van der Waals surface area contributed by atoms with E-state index in [-0.39, 0.29) is 17.5 Å². The molecule has 1 saturated heterocycles. The van der Waals surface area contributed by atoms with Gasteiger partial charge in [0.15, 0.2) is 0 Å². The Bertz CT molecular complexity index is 927. The first-order valence-corrected chi connectivity index (χ1v) is 8.45. The van der Waals surface area contributed by atoms with Crippen LogP contribution in [0.4, 0.5) is 8.78 Å². The molecule has 25 heavy (non-hydrogen) atoms. The number of carbonyl (C=O) groups is 1. The maximum atomic E-state index is 13.7.